The summed E-state index contributed by atoms with van der Waals surface area (Å²) in [6, 6.07) is 0. The van der Waals surface area contributed by atoms with Gasteiger partial charge in [-0.1, -0.05) is 24.6 Å². The highest BCUT2D eigenvalue weighted by Crippen LogP contribution is 2.65. The molecular formula is C21H31NO4. The molecule has 0 aromatic rings. The molecule has 4 aliphatic carbocycles. The molecule has 4 aliphatic rings. The maximum atomic E-state index is 13.0. The van der Waals surface area contributed by atoms with Crippen LogP contribution in [-0.4, -0.2) is 39.1 Å². The van der Waals surface area contributed by atoms with E-state index in [0.29, 0.717) is 24.7 Å². The van der Waals surface area contributed by atoms with E-state index in [1.807, 2.05) is 13.0 Å². The zero-order valence-electron chi connectivity index (χ0n) is 16.0. The molecule has 3 fully saturated rings. The van der Waals surface area contributed by atoms with Gasteiger partial charge in [-0.2, -0.15) is 0 Å². The number of nitrogens with zero attached hydrogens (tertiary/aromatic N) is 1. The highest BCUT2D eigenvalue weighted by molar-refractivity contribution is 5.94. The molecule has 5 nitrogen and oxygen atoms in total. The van der Waals surface area contributed by atoms with Crippen molar-refractivity contribution in [2.24, 2.45) is 39.7 Å². The monoisotopic (exact) mass is 361 g/mol. The average Bonchev–Trinajstić information content (AvgIpc) is 2.94. The number of hydrogen-bond donors (Lipinski definition) is 3. The number of ketones is 1. The topological polar surface area (TPSA) is 90.1 Å². The minimum Gasteiger partial charge on any atom is -0.411 e. The summed E-state index contributed by atoms with van der Waals surface area (Å²) in [7, 11) is 0. The lowest BCUT2D eigenvalue weighted by Crippen LogP contribution is -2.55. The highest BCUT2D eigenvalue weighted by Gasteiger charge is 2.60. The Bertz CT molecular complexity index is 685. The van der Waals surface area contributed by atoms with Gasteiger partial charge in [0.15, 0.2) is 5.78 Å². The van der Waals surface area contributed by atoms with Crippen LogP contribution < -0.4 is 0 Å². The Morgan fingerprint density at radius 2 is 1.77 bits per heavy atom. The summed E-state index contributed by atoms with van der Waals surface area (Å²) in [5.74, 6) is 0.852. The predicted octanol–water partition coefficient (Wildman–Crippen LogP) is 2.93. The van der Waals surface area contributed by atoms with Gasteiger partial charge >= 0.3 is 0 Å². The summed E-state index contributed by atoms with van der Waals surface area (Å²) in [4.78, 5) is 13.0. The predicted molar refractivity (Wildman–Crippen MR) is 97.9 cm³/mol. The van der Waals surface area contributed by atoms with E-state index in [4.69, 9.17) is 0 Å². The van der Waals surface area contributed by atoms with Gasteiger partial charge in [0.05, 0.1) is 17.9 Å². The first-order valence-corrected chi connectivity index (χ1v) is 10.0. The molecule has 144 valence electrons. The molecule has 0 amide bonds. The molecule has 3 N–H and O–H groups in total. The lowest BCUT2D eigenvalue weighted by atomic mass is 9.47. The Morgan fingerprint density at radius 3 is 2.46 bits per heavy atom. The average molecular weight is 361 g/mol. The summed E-state index contributed by atoms with van der Waals surface area (Å²) in [5, 5.41) is 33.2. The third kappa shape index (κ3) is 2.29. The summed E-state index contributed by atoms with van der Waals surface area (Å²) in [6.07, 6.45) is 5.29. The van der Waals surface area contributed by atoms with E-state index < -0.39 is 12.2 Å². The van der Waals surface area contributed by atoms with Crippen molar-refractivity contribution >= 4 is 11.5 Å². The van der Waals surface area contributed by atoms with Crippen LogP contribution in [0.1, 0.15) is 59.3 Å². The van der Waals surface area contributed by atoms with Gasteiger partial charge in [0.25, 0.3) is 0 Å². The first-order valence-electron chi connectivity index (χ1n) is 10.0. The van der Waals surface area contributed by atoms with Crippen LogP contribution >= 0.6 is 0 Å². The molecule has 0 aromatic heterocycles. The summed E-state index contributed by atoms with van der Waals surface area (Å²) in [5.41, 5.74) is 1.84. The molecule has 5 heteroatoms. The fourth-order valence-corrected chi connectivity index (χ4v) is 7.15. The van der Waals surface area contributed by atoms with Crippen molar-refractivity contribution < 1.29 is 20.2 Å². The smallest absolute Gasteiger partial charge is 0.159 e. The van der Waals surface area contributed by atoms with Crippen molar-refractivity contribution in [1.29, 1.82) is 0 Å². The second-order valence-electron chi connectivity index (χ2n) is 9.70. The number of carbonyl (C=O) groups is 1. The van der Waals surface area contributed by atoms with Crippen LogP contribution in [0, 0.1) is 34.5 Å². The van der Waals surface area contributed by atoms with Crippen LogP contribution in [0.25, 0.3) is 0 Å². The van der Waals surface area contributed by atoms with Crippen LogP contribution in [-0.2, 0) is 4.79 Å². The third-order valence-electron chi connectivity index (χ3n) is 8.59. The molecule has 3 saturated carbocycles. The molecule has 0 bridgehead atoms. The number of rotatable bonds is 1. The van der Waals surface area contributed by atoms with E-state index in [9.17, 15) is 20.2 Å². The molecule has 2 unspecified atom stereocenters. The highest BCUT2D eigenvalue weighted by atomic mass is 16.4. The van der Waals surface area contributed by atoms with Gasteiger partial charge in [-0.05, 0) is 74.2 Å². The standard InChI is InChI=1S/C21H31NO4/c1-11(22-26)13-4-5-14-12-8-17(23)16-9-18(24)19(25)10-21(16,3)15(12)6-7-20(13,14)2/h8,13-16,18-19,24-26H,4-7,9-10H2,1-3H3/b22-11+/t13-,14?,15?,16+,18-,19+,20-,21-/m1/s1. The number of allylic oxidation sites excluding steroid dienone is 2. The van der Waals surface area contributed by atoms with E-state index in [-0.39, 0.29) is 28.4 Å². The fraction of sp³-hybridized carbons (Fsp3) is 0.810. The van der Waals surface area contributed by atoms with Crippen LogP contribution in [0.2, 0.25) is 0 Å². The van der Waals surface area contributed by atoms with Crippen LogP contribution in [0.5, 0.6) is 0 Å². The van der Waals surface area contributed by atoms with E-state index in [0.717, 1.165) is 31.4 Å². The van der Waals surface area contributed by atoms with Gasteiger partial charge in [0.1, 0.15) is 0 Å². The van der Waals surface area contributed by atoms with Gasteiger partial charge in [-0.15, -0.1) is 0 Å². The van der Waals surface area contributed by atoms with Crippen LogP contribution in [0.15, 0.2) is 16.8 Å². The zero-order valence-corrected chi connectivity index (χ0v) is 16.0. The van der Waals surface area contributed by atoms with Crippen molar-refractivity contribution in [3.63, 3.8) is 0 Å². The van der Waals surface area contributed by atoms with Crippen LogP contribution in [0.3, 0.4) is 0 Å². The zero-order chi connectivity index (χ0) is 18.9. The maximum Gasteiger partial charge on any atom is 0.159 e. The minimum absolute atomic E-state index is 0.0366. The van der Waals surface area contributed by atoms with Crippen molar-refractivity contribution in [3.8, 4) is 0 Å². The van der Waals surface area contributed by atoms with Crippen molar-refractivity contribution in [1.82, 2.24) is 0 Å². The second kappa shape index (κ2) is 5.90. The van der Waals surface area contributed by atoms with Crippen molar-refractivity contribution in [2.45, 2.75) is 71.5 Å². The molecule has 8 atom stereocenters. The Balaban J connectivity index is 1.73. The molecule has 0 radical (unpaired) electrons. The number of aliphatic hydroxyl groups is 2. The number of fused-ring (bicyclic) bond motifs is 5. The second-order valence-corrected chi connectivity index (χ2v) is 9.70. The van der Waals surface area contributed by atoms with Gasteiger partial charge in [-0.25, -0.2) is 0 Å². The number of aliphatic hydroxyl groups excluding tert-OH is 2. The summed E-state index contributed by atoms with van der Waals surface area (Å²) >= 11 is 0. The molecular weight excluding hydrogens is 330 g/mol. The summed E-state index contributed by atoms with van der Waals surface area (Å²) < 4.78 is 0. The molecule has 0 heterocycles. The number of hydrogen-bond acceptors (Lipinski definition) is 5. The molecule has 0 spiro atoms. The molecule has 4 rings (SSSR count). The van der Waals surface area contributed by atoms with Crippen molar-refractivity contribution in [2.75, 3.05) is 0 Å². The van der Waals surface area contributed by atoms with E-state index in [1.54, 1.807) is 0 Å². The summed E-state index contributed by atoms with van der Waals surface area (Å²) in [6.45, 7) is 6.35. The first kappa shape index (κ1) is 18.2. The molecule has 0 aliphatic heterocycles. The van der Waals surface area contributed by atoms with Gasteiger partial charge in [0, 0.05) is 11.8 Å². The van der Waals surface area contributed by atoms with Gasteiger partial charge < -0.3 is 15.4 Å². The number of oxime groups is 1. The lowest BCUT2D eigenvalue weighted by molar-refractivity contribution is -0.142. The third-order valence-corrected chi connectivity index (χ3v) is 8.59. The van der Waals surface area contributed by atoms with E-state index in [1.165, 1.54) is 5.57 Å². The quantitative estimate of drug-likeness (QED) is 0.380. The molecule has 26 heavy (non-hydrogen) atoms. The Hall–Kier alpha value is -1.20. The fourth-order valence-electron chi connectivity index (χ4n) is 7.15. The maximum absolute atomic E-state index is 13.0. The normalized spacial score (nSPS) is 51.3. The Labute approximate surface area is 155 Å². The molecule has 0 saturated heterocycles. The Morgan fingerprint density at radius 1 is 1.08 bits per heavy atom. The van der Waals surface area contributed by atoms with Gasteiger partial charge in [0.2, 0.25) is 0 Å². The Kier molecular flexibility index (Phi) is 4.12. The first-order chi connectivity index (χ1) is 12.2. The van der Waals surface area contributed by atoms with E-state index in [2.05, 4.69) is 19.0 Å². The molecule has 0 aromatic carbocycles. The lowest BCUT2D eigenvalue weighted by Gasteiger charge is -2.57. The van der Waals surface area contributed by atoms with Gasteiger partial charge in [-0.3, -0.25) is 4.79 Å². The number of carbonyl (C=O) groups excluding carboxylic acids is 1. The van der Waals surface area contributed by atoms with Crippen molar-refractivity contribution in [3.05, 3.63) is 11.6 Å². The SMILES string of the molecule is C/C(=N\O)[C@H]1CCC2C3=CC(=O)[C@@H]4C[C@@H](O)[C@@H](O)C[C@]4(C)C3CC[C@@]21C. The largest absolute Gasteiger partial charge is 0.411 e. The van der Waals surface area contributed by atoms with Crippen LogP contribution in [0.4, 0.5) is 0 Å². The van der Waals surface area contributed by atoms with E-state index >= 15 is 0 Å². The minimum atomic E-state index is -0.792.